The van der Waals surface area contributed by atoms with E-state index in [9.17, 15) is 9.59 Å². The highest BCUT2D eigenvalue weighted by molar-refractivity contribution is 6.04. The molecule has 0 atom stereocenters. The second kappa shape index (κ2) is 9.56. The number of hydrogen-bond acceptors (Lipinski definition) is 5. The number of ether oxygens (including phenoxy) is 2. The topological polar surface area (TPSA) is 82.5 Å². The van der Waals surface area contributed by atoms with Crippen molar-refractivity contribution in [3.8, 4) is 17.2 Å². The van der Waals surface area contributed by atoms with Gasteiger partial charge in [0.2, 0.25) is 0 Å². The van der Waals surface area contributed by atoms with Crippen LogP contribution in [-0.2, 0) is 0 Å². The summed E-state index contributed by atoms with van der Waals surface area (Å²) >= 11 is 0. The Labute approximate surface area is 191 Å². The average Bonchev–Trinajstić information content (AvgIpc) is 2.81. The molecule has 168 valence electrons. The van der Waals surface area contributed by atoms with Gasteiger partial charge in [-0.1, -0.05) is 12.1 Å². The number of para-hydroxylation sites is 1. The Bertz CT molecular complexity index is 1360. The predicted molar refractivity (Wildman–Crippen MR) is 129 cm³/mol. The number of aromatic nitrogens is 2. The zero-order valence-electron chi connectivity index (χ0n) is 18.8. The molecule has 0 radical (unpaired) electrons. The Morgan fingerprint density at radius 2 is 1.64 bits per heavy atom. The number of aryl methyl sites for hydroxylation is 1. The van der Waals surface area contributed by atoms with Crippen LogP contribution in [0.1, 0.15) is 30.0 Å². The molecule has 1 amide bonds. The molecule has 1 N–H and O–H groups in total. The van der Waals surface area contributed by atoms with E-state index in [1.54, 1.807) is 60.0 Å². The van der Waals surface area contributed by atoms with Crippen molar-refractivity contribution in [2.24, 2.45) is 0 Å². The van der Waals surface area contributed by atoms with Gasteiger partial charge in [0.1, 0.15) is 5.82 Å². The van der Waals surface area contributed by atoms with E-state index < -0.39 is 0 Å². The third kappa shape index (κ3) is 4.57. The van der Waals surface area contributed by atoms with E-state index in [4.69, 9.17) is 9.47 Å². The molecule has 4 aromatic rings. The number of rotatable bonds is 7. The summed E-state index contributed by atoms with van der Waals surface area (Å²) in [5.74, 6) is 1.51. The highest BCUT2D eigenvalue weighted by Gasteiger charge is 2.13. The summed E-state index contributed by atoms with van der Waals surface area (Å²) in [6.45, 7) is 6.59. The van der Waals surface area contributed by atoms with Crippen molar-refractivity contribution in [1.29, 1.82) is 0 Å². The van der Waals surface area contributed by atoms with Crippen LogP contribution in [0.15, 0.2) is 71.5 Å². The van der Waals surface area contributed by atoms with Crippen LogP contribution in [-0.4, -0.2) is 28.7 Å². The Balaban J connectivity index is 1.58. The molecule has 7 nitrogen and oxygen atoms in total. The van der Waals surface area contributed by atoms with E-state index in [0.29, 0.717) is 58.4 Å². The highest BCUT2D eigenvalue weighted by atomic mass is 16.5. The van der Waals surface area contributed by atoms with Crippen LogP contribution in [0.3, 0.4) is 0 Å². The molecule has 0 unspecified atom stereocenters. The lowest BCUT2D eigenvalue weighted by Gasteiger charge is -2.13. The maximum absolute atomic E-state index is 13.0. The molecule has 0 aliphatic heterocycles. The summed E-state index contributed by atoms with van der Waals surface area (Å²) in [5.41, 5.74) is 2.22. The highest BCUT2D eigenvalue weighted by Crippen LogP contribution is 2.30. The first-order valence-corrected chi connectivity index (χ1v) is 10.8. The second-order valence-corrected chi connectivity index (χ2v) is 7.35. The number of amides is 1. The third-order valence-electron chi connectivity index (χ3n) is 5.13. The third-order valence-corrected chi connectivity index (χ3v) is 5.13. The largest absolute Gasteiger partial charge is 0.490 e. The molecule has 0 fully saturated rings. The number of nitrogens with zero attached hydrogens (tertiary/aromatic N) is 2. The van der Waals surface area contributed by atoms with Crippen LogP contribution in [0.5, 0.6) is 11.5 Å². The quantitative estimate of drug-likeness (QED) is 0.446. The van der Waals surface area contributed by atoms with E-state index >= 15 is 0 Å². The molecular formula is C26H25N3O4. The number of fused-ring (bicyclic) bond motifs is 1. The van der Waals surface area contributed by atoms with Gasteiger partial charge < -0.3 is 14.8 Å². The van der Waals surface area contributed by atoms with Crippen molar-refractivity contribution in [2.45, 2.75) is 20.8 Å². The van der Waals surface area contributed by atoms with Crippen LogP contribution >= 0.6 is 0 Å². The molecular weight excluding hydrogens is 418 g/mol. The lowest BCUT2D eigenvalue weighted by atomic mass is 10.1. The minimum atomic E-state index is -0.270. The minimum absolute atomic E-state index is 0.145. The number of benzene rings is 3. The van der Waals surface area contributed by atoms with Gasteiger partial charge in [0.15, 0.2) is 11.5 Å². The number of anilines is 1. The van der Waals surface area contributed by atoms with Gasteiger partial charge in [-0.3, -0.25) is 14.2 Å². The molecule has 0 aliphatic rings. The van der Waals surface area contributed by atoms with Crippen molar-refractivity contribution in [1.82, 2.24) is 9.55 Å². The van der Waals surface area contributed by atoms with E-state index in [2.05, 4.69) is 10.3 Å². The lowest BCUT2D eigenvalue weighted by molar-refractivity contribution is 0.102. The van der Waals surface area contributed by atoms with Gasteiger partial charge in [-0.05, 0) is 69.3 Å². The molecule has 0 bridgehead atoms. The van der Waals surface area contributed by atoms with E-state index in [-0.39, 0.29) is 11.5 Å². The fraction of sp³-hybridized carbons (Fsp3) is 0.192. The van der Waals surface area contributed by atoms with Crippen molar-refractivity contribution in [3.05, 3.63) is 88.5 Å². The summed E-state index contributed by atoms with van der Waals surface area (Å²) in [6.07, 6.45) is 0. The summed E-state index contributed by atoms with van der Waals surface area (Å²) in [6, 6.07) is 19.4. The monoisotopic (exact) mass is 443 g/mol. The molecule has 1 heterocycles. The van der Waals surface area contributed by atoms with Gasteiger partial charge in [0.05, 0.1) is 29.8 Å². The van der Waals surface area contributed by atoms with Gasteiger partial charge in [-0.15, -0.1) is 0 Å². The SMILES string of the molecule is CCOc1ccc(NC(=O)c2ccc(-n3c(C)nc4ccccc4c3=O)cc2)cc1OCC. The van der Waals surface area contributed by atoms with E-state index in [1.165, 1.54) is 0 Å². The molecule has 0 saturated carbocycles. The first-order chi connectivity index (χ1) is 16.0. The smallest absolute Gasteiger partial charge is 0.265 e. The normalized spacial score (nSPS) is 10.8. The van der Waals surface area contributed by atoms with Gasteiger partial charge >= 0.3 is 0 Å². The maximum Gasteiger partial charge on any atom is 0.265 e. The molecule has 0 saturated heterocycles. The summed E-state index contributed by atoms with van der Waals surface area (Å²) in [4.78, 5) is 30.3. The van der Waals surface area contributed by atoms with Gasteiger partial charge in [-0.25, -0.2) is 4.98 Å². The molecule has 4 rings (SSSR count). The van der Waals surface area contributed by atoms with Crippen molar-refractivity contribution in [3.63, 3.8) is 0 Å². The first-order valence-electron chi connectivity index (χ1n) is 10.8. The number of hydrogen-bond donors (Lipinski definition) is 1. The van der Waals surface area contributed by atoms with Crippen LogP contribution in [0.25, 0.3) is 16.6 Å². The van der Waals surface area contributed by atoms with Crippen LogP contribution in [0.4, 0.5) is 5.69 Å². The van der Waals surface area contributed by atoms with Crippen molar-refractivity contribution in [2.75, 3.05) is 18.5 Å². The maximum atomic E-state index is 13.0. The first kappa shape index (κ1) is 22.1. The van der Waals surface area contributed by atoms with Crippen LogP contribution < -0.4 is 20.3 Å². The van der Waals surface area contributed by atoms with E-state index in [1.807, 2.05) is 32.0 Å². The van der Waals surface area contributed by atoms with Crippen molar-refractivity contribution >= 4 is 22.5 Å². The van der Waals surface area contributed by atoms with Gasteiger partial charge in [0.25, 0.3) is 11.5 Å². The Morgan fingerprint density at radius 3 is 2.36 bits per heavy atom. The van der Waals surface area contributed by atoms with Crippen LogP contribution in [0.2, 0.25) is 0 Å². The number of nitrogens with one attached hydrogen (secondary N) is 1. The number of carbonyl (C=O) groups is 1. The van der Waals surface area contributed by atoms with E-state index in [0.717, 1.165) is 0 Å². The summed E-state index contributed by atoms with van der Waals surface area (Å²) < 4.78 is 12.7. The summed E-state index contributed by atoms with van der Waals surface area (Å²) in [5, 5.41) is 3.42. The predicted octanol–water partition coefficient (Wildman–Crippen LogP) is 4.74. The average molecular weight is 444 g/mol. The lowest BCUT2D eigenvalue weighted by Crippen LogP contribution is -2.22. The fourth-order valence-corrected chi connectivity index (χ4v) is 3.64. The molecule has 1 aromatic heterocycles. The number of carbonyl (C=O) groups excluding carboxylic acids is 1. The Kier molecular flexibility index (Phi) is 6.40. The zero-order valence-corrected chi connectivity index (χ0v) is 18.8. The molecule has 0 spiro atoms. The van der Waals surface area contributed by atoms with Gasteiger partial charge in [-0.2, -0.15) is 0 Å². The summed E-state index contributed by atoms with van der Waals surface area (Å²) in [7, 11) is 0. The minimum Gasteiger partial charge on any atom is -0.490 e. The zero-order chi connectivity index (χ0) is 23.4. The standard InChI is InChI=1S/C26H25N3O4/c1-4-32-23-15-12-19(16-24(23)33-5-2)28-25(30)18-10-13-20(14-11-18)29-17(3)27-22-9-7-6-8-21(22)26(29)31/h6-16H,4-5H2,1-3H3,(H,28,30). The Morgan fingerprint density at radius 1 is 0.939 bits per heavy atom. The Hall–Kier alpha value is -4.13. The van der Waals surface area contributed by atoms with Crippen molar-refractivity contribution < 1.29 is 14.3 Å². The molecule has 3 aromatic carbocycles. The van der Waals surface area contributed by atoms with Gasteiger partial charge in [0, 0.05) is 17.3 Å². The fourth-order valence-electron chi connectivity index (χ4n) is 3.64. The molecule has 0 aliphatic carbocycles. The molecule has 7 heteroatoms. The molecule has 33 heavy (non-hydrogen) atoms. The van der Waals surface area contributed by atoms with Crippen LogP contribution in [0, 0.1) is 6.92 Å². The second-order valence-electron chi connectivity index (χ2n) is 7.35.